The first-order chi connectivity index (χ1) is 11.8. The summed E-state index contributed by atoms with van der Waals surface area (Å²) in [6.07, 6.45) is 1.62. The van der Waals surface area contributed by atoms with Gasteiger partial charge in [0.05, 0.1) is 0 Å². The third-order valence-corrected chi connectivity index (χ3v) is 3.87. The van der Waals surface area contributed by atoms with Gasteiger partial charge in [0.2, 0.25) is 11.8 Å². The molecule has 25 heavy (non-hydrogen) atoms. The van der Waals surface area contributed by atoms with Crippen LogP contribution in [0.5, 0.6) is 0 Å². The van der Waals surface area contributed by atoms with E-state index in [-0.39, 0.29) is 24.7 Å². The number of aryl methyl sites for hydroxylation is 1. The molecule has 1 aromatic carbocycles. The summed E-state index contributed by atoms with van der Waals surface area (Å²) >= 11 is 0. The fraction of sp³-hybridized carbons (Fsp3) is 0.526. The minimum absolute atomic E-state index is 0.190. The minimum atomic E-state index is -1.07. The van der Waals surface area contributed by atoms with Gasteiger partial charge in [-0.25, -0.2) is 4.79 Å². The van der Waals surface area contributed by atoms with Crippen LogP contribution in [-0.4, -0.2) is 35.0 Å². The second-order valence-electron chi connectivity index (χ2n) is 6.54. The van der Waals surface area contributed by atoms with Crippen molar-refractivity contribution in [2.24, 2.45) is 5.92 Å². The summed E-state index contributed by atoms with van der Waals surface area (Å²) in [5.74, 6) is -1.55. The van der Waals surface area contributed by atoms with E-state index in [9.17, 15) is 14.4 Å². The number of hydrogen-bond donors (Lipinski definition) is 3. The summed E-state index contributed by atoms with van der Waals surface area (Å²) in [7, 11) is 0. The lowest BCUT2D eigenvalue weighted by atomic mass is 10.0. The van der Waals surface area contributed by atoms with Crippen LogP contribution in [-0.2, 0) is 20.8 Å². The number of aliphatic carboxylic acids is 1. The number of carbonyl (C=O) groups is 3. The van der Waals surface area contributed by atoms with E-state index in [0.717, 1.165) is 5.56 Å². The van der Waals surface area contributed by atoms with Crippen LogP contribution in [0.1, 0.15) is 45.6 Å². The fourth-order valence-electron chi connectivity index (χ4n) is 2.48. The van der Waals surface area contributed by atoms with Crippen molar-refractivity contribution >= 4 is 17.8 Å². The molecule has 0 heterocycles. The monoisotopic (exact) mass is 348 g/mol. The van der Waals surface area contributed by atoms with Crippen LogP contribution in [0.4, 0.5) is 0 Å². The molecular weight excluding hydrogens is 320 g/mol. The summed E-state index contributed by atoms with van der Waals surface area (Å²) in [5.41, 5.74) is 1.06. The topological polar surface area (TPSA) is 95.5 Å². The summed E-state index contributed by atoms with van der Waals surface area (Å²) < 4.78 is 0. The second-order valence-corrected chi connectivity index (χ2v) is 6.54. The molecule has 138 valence electrons. The number of carboxylic acid groups (broad SMARTS) is 1. The molecule has 0 aromatic heterocycles. The molecule has 0 fully saturated rings. The Hall–Kier alpha value is -2.37. The van der Waals surface area contributed by atoms with Gasteiger partial charge in [-0.1, -0.05) is 51.1 Å². The fourth-order valence-corrected chi connectivity index (χ4v) is 2.48. The van der Waals surface area contributed by atoms with Gasteiger partial charge in [-0.15, -0.1) is 0 Å². The molecule has 6 heteroatoms. The number of carbonyl (C=O) groups excluding carboxylic acids is 2. The molecule has 0 radical (unpaired) electrons. The molecule has 0 saturated carbocycles. The lowest BCUT2D eigenvalue weighted by Crippen LogP contribution is -2.51. The molecule has 0 saturated heterocycles. The van der Waals surface area contributed by atoms with E-state index >= 15 is 0 Å². The average Bonchev–Trinajstić information content (AvgIpc) is 2.57. The molecule has 2 amide bonds. The smallest absolute Gasteiger partial charge is 0.326 e. The molecule has 0 aliphatic rings. The minimum Gasteiger partial charge on any atom is -0.480 e. The highest BCUT2D eigenvalue weighted by molar-refractivity contribution is 5.90. The largest absolute Gasteiger partial charge is 0.480 e. The van der Waals surface area contributed by atoms with E-state index in [1.807, 2.05) is 44.2 Å². The van der Waals surface area contributed by atoms with Crippen LogP contribution in [0.2, 0.25) is 0 Å². The summed E-state index contributed by atoms with van der Waals surface area (Å²) in [6.45, 7) is 5.59. The zero-order chi connectivity index (χ0) is 18.8. The first-order valence-electron chi connectivity index (χ1n) is 8.70. The van der Waals surface area contributed by atoms with Gasteiger partial charge in [0.15, 0.2) is 0 Å². The molecule has 2 atom stereocenters. The highest BCUT2D eigenvalue weighted by atomic mass is 16.4. The molecule has 0 aliphatic heterocycles. The Morgan fingerprint density at radius 2 is 1.68 bits per heavy atom. The summed E-state index contributed by atoms with van der Waals surface area (Å²) in [4.78, 5) is 35.7. The highest BCUT2D eigenvalue weighted by Gasteiger charge is 2.26. The normalized spacial score (nSPS) is 13.1. The second kappa shape index (κ2) is 10.5. The van der Waals surface area contributed by atoms with Crippen LogP contribution in [0.3, 0.4) is 0 Å². The Bertz CT molecular complexity index is 572. The van der Waals surface area contributed by atoms with E-state index < -0.39 is 24.0 Å². The number of nitrogens with one attached hydrogen (secondary N) is 2. The Morgan fingerprint density at radius 1 is 1.04 bits per heavy atom. The molecule has 1 unspecified atom stereocenters. The number of rotatable bonds is 10. The van der Waals surface area contributed by atoms with Crippen LogP contribution in [0, 0.1) is 5.92 Å². The third-order valence-electron chi connectivity index (χ3n) is 3.87. The maximum atomic E-state index is 12.4. The number of carboxylic acids is 1. The molecule has 0 aliphatic carbocycles. The molecule has 0 bridgehead atoms. The predicted octanol–water partition coefficient (Wildman–Crippen LogP) is 2.13. The Balaban J connectivity index is 2.63. The zero-order valence-corrected chi connectivity index (χ0v) is 15.1. The van der Waals surface area contributed by atoms with Crippen molar-refractivity contribution in [2.75, 3.05) is 0 Å². The number of benzene rings is 1. The van der Waals surface area contributed by atoms with Crippen molar-refractivity contribution in [1.82, 2.24) is 10.6 Å². The van der Waals surface area contributed by atoms with Gasteiger partial charge in [-0.05, 0) is 30.7 Å². The van der Waals surface area contributed by atoms with Crippen molar-refractivity contribution in [3.63, 3.8) is 0 Å². The summed E-state index contributed by atoms with van der Waals surface area (Å²) in [6, 6.07) is 7.98. The zero-order valence-electron chi connectivity index (χ0n) is 15.1. The van der Waals surface area contributed by atoms with Gasteiger partial charge >= 0.3 is 5.97 Å². The summed E-state index contributed by atoms with van der Waals surface area (Å²) in [5, 5.41) is 14.3. The molecular formula is C19H28N2O4. The standard InChI is InChI=1S/C19H28N2O4/c1-4-15(19(24)25)21-18(23)16(12-13(2)3)20-17(22)11-10-14-8-6-5-7-9-14/h5-9,13,15-16H,4,10-12H2,1-3H3,(H,20,22)(H,21,23)(H,24,25)/t15?,16-/m0/s1. The van der Waals surface area contributed by atoms with Crippen LogP contribution in [0.15, 0.2) is 30.3 Å². The van der Waals surface area contributed by atoms with Gasteiger partial charge in [0, 0.05) is 6.42 Å². The van der Waals surface area contributed by atoms with E-state index in [2.05, 4.69) is 10.6 Å². The lowest BCUT2D eigenvalue weighted by molar-refractivity contribution is -0.142. The van der Waals surface area contributed by atoms with Gasteiger partial charge in [0.25, 0.3) is 0 Å². The first kappa shape index (κ1) is 20.7. The van der Waals surface area contributed by atoms with Gasteiger partial charge in [-0.3, -0.25) is 9.59 Å². The molecule has 3 N–H and O–H groups in total. The molecule has 1 rings (SSSR count). The van der Waals surface area contributed by atoms with Crippen molar-refractivity contribution < 1.29 is 19.5 Å². The maximum absolute atomic E-state index is 12.4. The van der Waals surface area contributed by atoms with Crippen molar-refractivity contribution in [3.05, 3.63) is 35.9 Å². The van der Waals surface area contributed by atoms with Crippen LogP contribution < -0.4 is 10.6 Å². The van der Waals surface area contributed by atoms with Gasteiger partial charge in [-0.2, -0.15) is 0 Å². The van der Waals surface area contributed by atoms with E-state index in [1.165, 1.54) is 0 Å². The Labute approximate surface area is 149 Å². The van der Waals surface area contributed by atoms with Gasteiger partial charge in [0.1, 0.15) is 12.1 Å². The van der Waals surface area contributed by atoms with Crippen molar-refractivity contribution in [3.8, 4) is 0 Å². The van der Waals surface area contributed by atoms with E-state index in [4.69, 9.17) is 5.11 Å². The maximum Gasteiger partial charge on any atom is 0.326 e. The molecule has 0 spiro atoms. The number of hydrogen-bond acceptors (Lipinski definition) is 3. The lowest BCUT2D eigenvalue weighted by Gasteiger charge is -2.22. The van der Waals surface area contributed by atoms with E-state index in [0.29, 0.717) is 12.8 Å². The SMILES string of the molecule is CCC(NC(=O)[C@H](CC(C)C)NC(=O)CCc1ccccc1)C(=O)O. The Morgan fingerprint density at radius 3 is 2.20 bits per heavy atom. The first-order valence-corrected chi connectivity index (χ1v) is 8.70. The highest BCUT2D eigenvalue weighted by Crippen LogP contribution is 2.08. The van der Waals surface area contributed by atoms with E-state index in [1.54, 1.807) is 6.92 Å². The third kappa shape index (κ3) is 7.83. The average molecular weight is 348 g/mol. The molecule has 1 aromatic rings. The predicted molar refractivity (Wildman–Crippen MR) is 96.0 cm³/mol. The quantitative estimate of drug-likeness (QED) is 0.603. The van der Waals surface area contributed by atoms with Crippen LogP contribution in [0.25, 0.3) is 0 Å². The van der Waals surface area contributed by atoms with Crippen molar-refractivity contribution in [1.29, 1.82) is 0 Å². The molecule has 6 nitrogen and oxygen atoms in total. The Kier molecular flexibility index (Phi) is 8.67. The van der Waals surface area contributed by atoms with Crippen LogP contribution >= 0.6 is 0 Å². The number of amides is 2. The van der Waals surface area contributed by atoms with Crippen molar-refractivity contribution in [2.45, 2.75) is 58.5 Å². The van der Waals surface area contributed by atoms with Gasteiger partial charge < -0.3 is 15.7 Å².